The Balaban J connectivity index is 1.89. The van der Waals surface area contributed by atoms with Crippen LogP contribution in [0.4, 0.5) is 5.13 Å². The predicted octanol–water partition coefficient (Wildman–Crippen LogP) is 2.09. The van der Waals surface area contributed by atoms with Crippen molar-refractivity contribution in [2.45, 2.75) is 25.7 Å². The predicted molar refractivity (Wildman–Crippen MR) is 68.4 cm³/mol. The van der Waals surface area contributed by atoms with Crippen LogP contribution < -0.4 is 4.90 Å². The van der Waals surface area contributed by atoms with Crippen molar-refractivity contribution in [3.05, 3.63) is 11.1 Å². The normalized spacial score (nSPS) is 15.4. The number of methoxy groups -OCH3 is 1. The Kier molecular flexibility index (Phi) is 3.99. The molecule has 0 aliphatic heterocycles. The lowest BCUT2D eigenvalue weighted by molar-refractivity contribution is -0.139. The summed E-state index contributed by atoms with van der Waals surface area (Å²) < 4.78 is 4.63. The van der Waals surface area contributed by atoms with Gasteiger partial charge in [-0.25, -0.2) is 4.98 Å². The summed E-state index contributed by atoms with van der Waals surface area (Å²) in [5.74, 6) is 0.594. The molecule has 1 aromatic rings. The zero-order valence-corrected chi connectivity index (χ0v) is 11.1. The quantitative estimate of drug-likeness (QED) is 0.755. The molecule has 94 valence electrons. The minimum absolute atomic E-state index is 0.233. The first-order valence-corrected chi connectivity index (χ1v) is 6.79. The van der Waals surface area contributed by atoms with Gasteiger partial charge in [0.2, 0.25) is 0 Å². The van der Waals surface area contributed by atoms with E-state index in [1.807, 2.05) is 5.38 Å². The number of aromatic nitrogens is 1. The van der Waals surface area contributed by atoms with E-state index in [1.54, 1.807) is 11.3 Å². The lowest BCUT2D eigenvalue weighted by Gasteiger charge is -2.29. The van der Waals surface area contributed by atoms with E-state index in [9.17, 15) is 4.79 Å². The van der Waals surface area contributed by atoms with Crippen LogP contribution in [0.1, 0.15) is 25.0 Å². The molecule has 5 heteroatoms. The van der Waals surface area contributed by atoms with Crippen LogP contribution in [-0.4, -0.2) is 31.7 Å². The standard InChI is InChI=1S/C12H18N2O2S/c1-14(7-9-4-3-5-9)12-13-10(8-17-12)6-11(15)16-2/h8-9H,3-7H2,1-2H3. The van der Waals surface area contributed by atoms with Crippen molar-refractivity contribution >= 4 is 22.4 Å². The zero-order chi connectivity index (χ0) is 12.3. The van der Waals surface area contributed by atoms with Crippen LogP contribution in [0.5, 0.6) is 0 Å². The maximum atomic E-state index is 11.1. The Bertz CT molecular complexity index is 388. The van der Waals surface area contributed by atoms with E-state index < -0.39 is 0 Å². The first kappa shape index (κ1) is 12.4. The smallest absolute Gasteiger partial charge is 0.311 e. The summed E-state index contributed by atoms with van der Waals surface area (Å²) in [6, 6.07) is 0. The number of thiazole rings is 1. The maximum absolute atomic E-state index is 11.1. The van der Waals surface area contributed by atoms with Crippen LogP contribution >= 0.6 is 11.3 Å². The molecular weight excluding hydrogens is 236 g/mol. The van der Waals surface area contributed by atoms with Gasteiger partial charge in [0.05, 0.1) is 19.2 Å². The molecule has 0 unspecified atom stereocenters. The van der Waals surface area contributed by atoms with Crippen LogP contribution in [0.25, 0.3) is 0 Å². The van der Waals surface area contributed by atoms with E-state index in [1.165, 1.54) is 26.4 Å². The van der Waals surface area contributed by atoms with Gasteiger partial charge in [-0.1, -0.05) is 6.42 Å². The van der Waals surface area contributed by atoms with Crippen molar-refractivity contribution in [1.82, 2.24) is 4.98 Å². The van der Waals surface area contributed by atoms with Gasteiger partial charge < -0.3 is 9.64 Å². The third-order valence-electron chi connectivity index (χ3n) is 3.18. The van der Waals surface area contributed by atoms with E-state index in [0.717, 1.165) is 23.3 Å². The van der Waals surface area contributed by atoms with E-state index >= 15 is 0 Å². The SMILES string of the molecule is COC(=O)Cc1csc(N(C)CC2CCC2)n1. The number of hydrogen-bond acceptors (Lipinski definition) is 5. The zero-order valence-electron chi connectivity index (χ0n) is 10.3. The van der Waals surface area contributed by atoms with Crippen molar-refractivity contribution in [3.8, 4) is 0 Å². The first-order valence-electron chi connectivity index (χ1n) is 5.91. The summed E-state index contributed by atoms with van der Waals surface area (Å²) in [7, 11) is 3.47. The number of ether oxygens (including phenoxy) is 1. The number of carbonyl (C=O) groups is 1. The Morgan fingerprint density at radius 3 is 3.00 bits per heavy atom. The number of hydrogen-bond donors (Lipinski definition) is 0. The summed E-state index contributed by atoms with van der Waals surface area (Å²) in [5.41, 5.74) is 0.803. The fourth-order valence-corrected chi connectivity index (χ4v) is 2.72. The molecule has 1 aromatic heterocycles. The van der Waals surface area contributed by atoms with Crippen molar-refractivity contribution in [1.29, 1.82) is 0 Å². The van der Waals surface area contributed by atoms with Crippen molar-refractivity contribution in [3.63, 3.8) is 0 Å². The van der Waals surface area contributed by atoms with Crippen molar-refractivity contribution in [2.75, 3.05) is 25.6 Å². The van der Waals surface area contributed by atoms with Crippen LogP contribution in [0.3, 0.4) is 0 Å². The van der Waals surface area contributed by atoms with Gasteiger partial charge >= 0.3 is 5.97 Å². The number of carbonyl (C=O) groups excluding carboxylic acids is 1. The van der Waals surface area contributed by atoms with E-state index in [2.05, 4.69) is 21.7 Å². The third-order valence-corrected chi connectivity index (χ3v) is 4.18. The van der Waals surface area contributed by atoms with E-state index in [0.29, 0.717) is 0 Å². The largest absolute Gasteiger partial charge is 0.469 e. The van der Waals surface area contributed by atoms with Gasteiger partial charge in [0.25, 0.3) is 0 Å². The number of anilines is 1. The maximum Gasteiger partial charge on any atom is 0.311 e. The van der Waals surface area contributed by atoms with Crippen LogP contribution in [0.15, 0.2) is 5.38 Å². The molecule has 0 spiro atoms. The van der Waals surface area contributed by atoms with Crippen LogP contribution in [-0.2, 0) is 16.0 Å². The van der Waals surface area contributed by atoms with Gasteiger partial charge in [0.1, 0.15) is 0 Å². The molecular formula is C12H18N2O2S. The summed E-state index contributed by atoms with van der Waals surface area (Å²) in [6.45, 7) is 1.07. The number of nitrogens with zero attached hydrogens (tertiary/aromatic N) is 2. The molecule has 1 heterocycles. The Labute approximate surface area is 106 Å². The molecule has 0 saturated heterocycles. The molecule has 0 N–H and O–H groups in total. The summed E-state index contributed by atoms with van der Waals surface area (Å²) >= 11 is 1.59. The highest BCUT2D eigenvalue weighted by molar-refractivity contribution is 7.13. The molecule has 0 atom stereocenters. The summed E-state index contributed by atoms with van der Waals surface area (Å²) in [4.78, 5) is 17.8. The van der Waals surface area contributed by atoms with Gasteiger partial charge in [0, 0.05) is 19.0 Å². The Morgan fingerprint density at radius 1 is 1.65 bits per heavy atom. The first-order chi connectivity index (χ1) is 8.19. The lowest BCUT2D eigenvalue weighted by Crippen LogP contribution is -2.29. The summed E-state index contributed by atoms with van der Waals surface area (Å²) in [5, 5.41) is 2.93. The monoisotopic (exact) mass is 254 g/mol. The topological polar surface area (TPSA) is 42.4 Å². The van der Waals surface area contributed by atoms with E-state index in [-0.39, 0.29) is 12.4 Å². The summed E-state index contributed by atoms with van der Waals surface area (Å²) in [6.07, 6.45) is 4.31. The lowest BCUT2D eigenvalue weighted by atomic mass is 9.85. The highest BCUT2D eigenvalue weighted by Crippen LogP contribution is 2.29. The molecule has 1 aliphatic rings. The second-order valence-electron chi connectivity index (χ2n) is 4.55. The average molecular weight is 254 g/mol. The second-order valence-corrected chi connectivity index (χ2v) is 5.39. The molecule has 0 amide bonds. The van der Waals surface area contributed by atoms with Gasteiger partial charge in [-0.15, -0.1) is 11.3 Å². The molecule has 1 aliphatic carbocycles. The fourth-order valence-electron chi connectivity index (χ4n) is 1.91. The van der Waals surface area contributed by atoms with Gasteiger partial charge in [-0.2, -0.15) is 0 Å². The molecule has 2 rings (SSSR count). The Hall–Kier alpha value is -1.10. The molecule has 0 bridgehead atoms. The molecule has 0 radical (unpaired) electrons. The van der Waals surface area contributed by atoms with Crippen molar-refractivity contribution in [2.24, 2.45) is 5.92 Å². The molecule has 0 aromatic carbocycles. The molecule has 17 heavy (non-hydrogen) atoms. The second kappa shape index (κ2) is 5.49. The molecule has 4 nitrogen and oxygen atoms in total. The van der Waals surface area contributed by atoms with Gasteiger partial charge in [-0.05, 0) is 18.8 Å². The van der Waals surface area contributed by atoms with E-state index in [4.69, 9.17) is 0 Å². The fraction of sp³-hybridized carbons (Fsp3) is 0.667. The third kappa shape index (κ3) is 3.19. The van der Waals surface area contributed by atoms with Crippen molar-refractivity contribution < 1.29 is 9.53 Å². The van der Waals surface area contributed by atoms with Gasteiger partial charge in [-0.3, -0.25) is 4.79 Å². The van der Waals surface area contributed by atoms with Crippen LogP contribution in [0, 0.1) is 5.92 Å². The number of esters is 1. The number of rotatable bonds is 5. The highest BCUT2D eigenvalue weighted by Gasteiger charge is 2.20. The minimum Gasteiger partial charge on any atom is -0.469 e. The van der Waals surface area contributed by atoms with Gasteiger partial charge in [0.15, 0.2) is 5.13 Å². The Morgan fingerprint density at radius 2 is 2.41 bits per heavy atom. The molecule has 1 saturated carbocycles. The highest BCUT2D eigenvalue weighted by atomic mass is 32.1. The average Bonchev–Trinajstić information content (AvgIpc) is 2.71. The van der Waals surface area contributed by atoms with Crippen LogP contribution in [0.2, 0.25) is 0 Å². The minimum atomic E-state index is -0.233. The molecule has 1 fully saturated rings.